The number of H-pyrrole nitrogens is 1. The molecule has 0 aliphatic rings. The molecule has 1 aromatic heterocycles. The monoisotopic (exact) mass is 173 g/mol. The molecular formula is C6H8FN3O2. The Bertz CT molecular complexity index is 297. The van der Waals surface area contributed by atoms with Gasteiger partial charge in [-0.2, -0.15) is 4.39 Å². The number of esters is 1. The van der Waals surface area contributed by atoms with Gasteiger partial charge in [-0.3, -0.25) is 0 Å². The van der Waals surface area contributed by atoms with E-state index in [9.17, 15) is 9.18 Å². The van der Waals surface area contributed by atoms with E-state index >= 15 is 0 Å². The summed E-state index contributed by atoms with van der Waals surface area (Å²) in [5.41, 5.74) is 4.69. The fourth-order valence-electron chi connectivity index (χ4n) is 0.704. The van der Waals surface area contributed by atoms with Crippen LogP contribution in [0.5, 0.6) is 0 Å². The minimum atomic E-state index is -0.869. The van der Waals surface area contributed by atoms with Gasteiger partial charge in [-0.05, 0) is 6.92 Å². The number of halogens is 1. The summed E-state index contributed by atoms with van der Waals surface area (Å²) < 4.78 is 17.2. The van der Waals surface area contributed by atoms with Crippen LogP contribution >= 0.6 is 0 Å². The lowest BCUT2D eigenvalue weighted by atomic mass is 10.5. The van der Waals surface area contributed by atoms with Crippen molar-refractivity contribution in [2.75, 3.05) is 12.3 Å². The van der Waals surface area contributed by atoms with E-state index in [1.54, 1.807) is 6.92 Å². The van der Waals surface area contributed by atoms with Crippen LogP contribution in [0.2, 0.25) is 0 Å². The Kier molecular flexibility index (Phi) is 2.27. The third-order valence-electron chi connectivity index (χ3n) is 1.15. The maximum absolute atomic E-state index is 12.7. The summed E-state index contributed by atoms with van der Waals surface area (Å²) in [5.74, 6) is -1.83. The molecule has 0 aliphatic carbocycles. The van der Waals surface area contributed by atoms with Crippen LogP contribution in [0.3, 0.4) is 0 Å². The molecule has 0 atom stereocenters. The largest absolute Gasteiger partial charge is 0.461 e. The molecule has 1 heterocycles. The molecule has 3 N–H and O–H groups in total. The second kappa shape index (κ2) is 3.21. The van der Waals surface area contributed by atoms with Gasteiger partial charge in [0.15, 0.2) is 0 Å². The highest BCUT2D eigenvalue weighted by atomic mass is 19.1. The SMILES string of the molecule is CCOC(=O)c1nc(N)[nH]c1F. The molecule has 0 unspecified atom stereocenters. The van der Waals surface area contributed by atoms with Crippen LogP contribution in [-0.2, 0) is 4.74 Å². The van der Waals surface area contributed by atoms with Crippen molar-refractivity contribution in [1.29, 1.82) is 0 Å². The number of nitrogens with two attached hydrogens (primary N) is 1. The first kappa shape index (κ1) is 8.51. The number of carbonyl (C=O) groups excluding carboxylic acids is 1. The summed E-state index contributed by atoms with van der Waals surface area (Å²) in [6, 6.07) is 0. The molecule has 0 radical (unpaired) electrons. The van der Waals surface area contributed by atoms with Crippen LogP contribution in [0.25, 0.3) is 0 Å². The van der Waals surface area contributed by atoms with Crippen molar-refractivity contribution in [2.45, 2.75) is 6.92 Å². The molecule has 1 rings (SSSR count). The molecule has 0 bridgehead atoms. The number of rotatable bonds is 2. The van der Waals surface area contributed by atoms with E-state index in [2.05, 4.69) is 9.72 Å². The predicted molar refractivity (Wildman–Crippen MR) is 38.9 cm³/mol. The number of nitrogens with one attached hydrogen (secondary N) is 1. The van der Waals surface area contributed by atoms with Crippen molar-refractivity contribution in [3.05, 3.63) is 11.6 Å². The van der Waals surface area contributed by atoms with E-state index in [1.165, 1.54) is 0 Å². The summed E-state index contributed by atoms with van der Waals surface area (Å²) in [7, 11) is 0. The zero-order valence-corrected chi connectivity index (χ0v) is 6.43. The number of nitrogen functional groups attached to an aromatic ring is 1. The topological polar surface area (TPSA) is 81.0 Å². The first-order chi connectivity index (χ1) is 5.65. The van der Waals surface area contributed by atoms with E-state index in [4.69, 9.17) is 5.73 Å². The average Bonchev–Trinajstić information content (AvgIpc) is 2.30. The molecule has 5 nitrogen and oxygen atoms in total. The molecule has 12 heavy (non-hydrogen) atoms. The second-order valence-corrected chi connectivity index (χ2v) is 2.01. The van der Waals surface area contributed by atoms with Crippen molar-refractivity contribution < 1.29 is 13.9 Å². The highest BCUT2D eigenvalue weighted by Crippen LogP contribution is 2.06. The lowest BCUT2D eigenvalue weighted by Crippen LogP contribution is -2.07. The number of hydrogen-bond donors (Lipinski definition) is 2. The fraction of sp³-hybridized carbons (Fsp3) is 0.333. The van der Waals surface area contributed by atoms with Crippen molar-refractivity contribution in [1.82, 2.24) is 9.97 Å². The van der Waals surface area contributed by atoms with E-state index in [0.717, 1.165) is 0 Å². The van der Waals surface area contributed by atoms with Crippen molar-refractivity contribution in [3.63, 3.8) is 0 Å². The Morgan fingerprint density at radius 3 is 2.92 bits per heavy atom. The van der Waals surface area contributed by atoms with Crippen LogP contribution in [0.4, 0.5) is 10.3 Å². The Labute approximate surface area is 67.7 Å². The predicted octanol–water partition coefficient (Wildman–Crippen LogP) is 0.308. The Morgan fingerprint density at radius 2 is 2.50 bits per heavy atom. The normalized spacial score (nSPS) is 9.83. The number of ether oxygens (including phenoxy) is 1. The molecule has 0 fully saturated rings. The molecule has 0 spiro atoms. The summed E-state index contributed by atoms with van der Waals surface area (Å²) in [6.45, 7) is 1.79. The lowest BCUT2D eigenvalue weighted by molar-refractivity contribution is 0.0514. The summed E-state index contributed by atoms with van der Waals surface area (Å²) >= 11 is 0. The Morgan fingerprint density at radius 1 is 1.83 bits per heavy atom. The van der Waals surface area contributed by atoms with Crippen LogP contribution in [0.1, 0.15) is 17.4 Å². The molecule has 1 aromatic rings. The fourth-order valence-corrected chi connectivity index (χ4v) is 0.704. The minimum absolute atomic E-state index is 0.143. The Hall–Kier alpha value is -1.59. The highest BCUT2D eigenvalue weighted by molar-refractivity contribution is 5.87. The minimum Gasteiger partial charge on any atom is -0.461 e. The standard InChI is InChI=1S/C6H8FN3O2/c1-2-12-5(11)3-4(7)10-6(8)9-3/h2H2,1H3,(H3,8,9,10). The van der Waals surface area contributed by atoms with Crippen LogP contribution in [-0.4, -0.2) is 22.5 Å². The number of anilines is 1. The van der Waals surface area contributed by atoms with E-state index < -0.39 is 17.6 Å². The van der Waals surface area contributed by atoms with Crippen LogP contribution in [0.15, 0.2) is 0 Å². The van der Waals surface area contributed by atoms with Crippen LogP contribution < -0.4 is 5.73 Å². The van der Waals surface area contributed by atoms with Gasteiger partial charge in [-0.25, -0.2) is 9.78 Å². The number of carbonyl (C=O) groups is 1. The highest BCUT2D eigenvalue weighted by Gasteiger charge is 2.17. The van der Waals surface area contributed by atoms with Gasteiger partial charge in [0.25, 0.3) is 0 Å². The molecule has 0 aliphatic heterocycles. The number of hydrogen-bond acceptors (Lipinski definition) is 4. The summed E-state index contributed by atoms with van der Waals surface area (Å²) in [4.78, 5) is 16.3. The van der Waals surface area contributed by atoms with Gasteiger partial charge in [-0.15, -0.1) is 0 Å². The van der Waals surface area contributed by atoms with Gasteiger partial charge in [0.2, 0.25) is 17.6 Å². The molecule has 0 saturated carbocycles. The molecule has 6 heteroatoms. The zero-order chi connectivity index (χ0) is 9.14. The maximum Gasteiger partial charge on any atom is 0.361 e. The van der Waals surface area contributed by atoms with Crippen molar-refractivity contribution >= 4 is 11.9 Å². The van der Waals surface area contributed by atoms with Gasteiger partial charge in [0, 0.05) is 0 Å². The number of imidazole rings is 1. The quantitative estimate of drug-likeness (QED) is 0.630. The summed E-state index contributed by atoms with van der Waals surface area (Å²) in [5, 5.41) is 0. The van der Waals surface area contributed by atoms with E-state index in [0.29, 0.717) is 0 Å². The van der Waals surface area contributed by atoms with E-state index in [-0.39, 0.29) is 12.6 Å². The third-order valence-corrected chi connectivity index (χ3v) is 1.15. The Balaban J connectivity index is 2.87. The molecule has 0 saturated heterocycles. The maximum atomic E-state index is 12.7. The smallest absolute Gasteiger partial charge is 0.361 e. The third kappa shape index (κ3) is 1.52. The number of aromatic amines is 1. The van der Waals surface area contributed by atoms with Crippen molar-refractivity contribution in [2.24, 2.45) is 0 Å². The molecule has 66 valence electrons. The molecule has 0 amide bonds. The second-order valence-electron chi connectivity index (χ2n) is 2.01. The first-order valence-corrected chi connectivity index (χ1v) is 3.33. The van der Waals surface area contributed by atoms with E-state index in [1.807, 2.05) is 4.98 Å². The lowest BCUT2D eigenvalue weighted by Gasteiger charge is -1.95. The summed E-state index contributed by atoms with van der Waals surface area (Å²) in [6.07, 6.45) is 0. The average molecular weight is 173 g/mol. The number of aromatic nitrogens is 2. The molecular weight excluding hydrogens is 165 g/mol. The van der Waals surface area contributed by atoms with Crippen LogP contribution in [0, 0.1) is 5.95 Å². The first-order valence-electron chi connectivity index (χ1n) is 3.33. The zero-order valence-electron chi connectivity index (χ0n) is 6.43. The van der Waals surface area contributed by atoms with Gasteiger partial charge in [0.1, 0.15) is 0 Å². The van der Waals surface area contributed by atoms with Gasteiger partial charge in [0.05, 0.1) is 6.61 Å². The van der Waals surface area contributed by atoms with Gasteiger partial charge < -0.3 is 15.5 Å². The molecule has 0 aromatic carbocycles. The van der Waals surface area contributed by atoms with Crippen molar-refractivity contribution in [3.8, 4) is 0 Å². The van der Waals surface area contributed by atoms with Gasteiger partial charge in [-0.1, -0.05) is 0 Å². The number of nitrogens with zero attached hydrogens (tertiary/aromatic N) is 1. The van der Waals surface area contributed by atoms with Gasteiger partial charge >= 0.3 is 5.97 Å².